The van der Waals surface area contributed by atoms with Crippen molar-refractivity contribution in [3.05, 3.63) is 23.8 Å². The zero-order chi connectivity index (χ0) is 15.5. The van der Waals surface area contributed by atoms with E-state index in [1.54, 1.807) is 18.7 Å². The topological polar surface area (TPSA) is 92.7 Å². The predicted molar refractivity (Wildman–Crippen MR) is 80.6 cm³/mol. The average Bonchev–Trinajstić information content (AvgIpc) is 2.91. The van der Waals surface area contributed by atoms with E-state index in [0.29, 0.717) is 6.61 Å². The number of carboxylic acid groups (broad SMARTS) is 1. The second-order valence-corrected chi connectivity index (χ2v) is 7.44. The molecule has 1 aromatic carbocycles. The molecule has 21 heavy (non-hydrogen) atoms. The quantitative estimate of drug-likeness (QED) is 0.822. The Morgan fingerprint density at radius 2 is 2.29 bits per heavy atom. The second-order valence-electron chi connectivity index (χ2n) is 4.58. The van der Waals surface area contributed by atoms with E-state index in [4.69, 9.17) is 9.84 Å². The van der Waals surface area contributed by atoms with Gasteiger partial charge in [-0.2, -0.15) is 11.8 Å². The molecule has 1 unspecified atom stereocenters. The van der Waals surface area contributed by atoms with Crippen LogP contribution in [0.3, 0.4) is 0 Å². The SMILES string of the molecule is CCOc1ccc(S(=O)(=O)NC2CCSC2)cc1C(=O)O. The summed E-state index contributed by atoms with van der Waals surface area (Å²) in [5, 5.41) is 9.17. The Hall–Kier alpha value is -1.25. The molecule has 1 atom stereocenters. The fraction of sp³-hybridized carbons (Fsp3) is 0.462. The minimum Gasteiger partial charge on any atom is -0.493 e. The summed E-state index contributed by atoms with van der Waals surface area (Å²) in [6.07, 6.45) is 0.784. The Balaban J connectivity index is 2.30. The fourth-order valence-electron chi connectivity index (χ4n) is 2.04. The number of benzene rings is 1. The molecule has 0 saturated carbocycles. The molecule has 0 aromatic heterocycles. The van der Waals surface area contributed by atoms with Gasteiger partial charge in [0.25, 0.3) is 0 Å². The van der Waals surface area contributed by atoms with E-state index in [1.807, 2.05) is 0 Å². The number of nitrogens with one attached hydrogen (secondary N) is 1. The molecule has 1 aliphatic heterocycles. The summed E-state index contributed by atoms with van der Waals surface area (Å²) >= 11 is 1.69. The zero-order valence-corrected chi connectivity index (χ0v) is 13.2. The van der Waals surface area contributed by atoms with Crippen LogP contribution in [0.25, 0.3) is 0 Å². The van der Waals surface area contributed by atoms with Crippen molar-refractivity contribution in [1.29, 1.82) is 0 Å². The third-order valence-electron chi connectivity index (χ3n) is 3.04. The zero-order valence-electron chi connectivity index (χ0n) is 11.5. The molecule has 0 radical (unpaired) electrons. The summed E-state index contributed by atoms with van der Waals surface area (Å²) in [4.78, 5) is 11.2. The van der Waals surface area contributed by atoms with Crippen LogP contribution in [0, 0.1) is 0 Å². The number of hydrogen-bond donors (Lipinski definition) is 2. The number of carbonyl (C=O) groups is 1. The first-order chi connectivity index (χ1) is 9.94. The van der Waals surface area contributed by atoms with Gasteiger partial charge in [-0.15, -0.1) is 0 Å². The van der Waals surface area contributed by atoms with Gasteiger partial charge in [0.2, 0.25) is 10.0 Å². The molecule has 1 saturated heterocycles. The molecule has 1 fully saturated rings. The van der Waals surface area contributed by atoms with Gasteiger partial charge in [-0.25, -0.2) is 17.9 Å². The second kappa shape index (κ2) is 6.67. The first-order valence-corrected chi connectivity index (χ1v) is 9.18. The van der Waals surface area contributed by atoms with Gasteiger partial charge in [0.05, 0.1) is 11.5 Å². The lowest BCUT2D eigenvalue weighted by atomic mass is 10.2. The van der Waals surface area contributed by atoms with Gasteiger partial charge >= 0.3 is 5.97 Å². The lowest BCUT2D eigenvalue weighted by Crippen LogP contribution is -2.34. The van der Waals surface area contributed by atoms with Gasteiger partial charge in [0, 0.05) is 11.8 Å². The van der Waals surface area contributed by atoms with E-state index < -0.39 is 16.0 Å². The summed E-state index contributed by atoms with van der Waals surface area (Å²) in [5.74, 6) is 0.617. The van der Waals surface area contributed by atoms with Crippen LogP contribution in [0.4, 0.5) is 0 Å². The molecule has 1 aliphatic rings. The van der Waals surface area contributed by atoms with Crippen LogP contribution in [0.5, 0.6) is 5.75 Å². The standard InChI is InChI=1S/C13H17NO5S2/c1-2-19-12-4-3-10(7-11(12)13(15)16)21(17,18)14-9-5-6-20-8-9/h3-4,7,9,14H,2,5-6,8H2,1H3,(H,15,16). The van der Waals surface area contributed by atoms with Gasteiger partial charge in [-0.1, -0.05) is 0 Å². The molecule has 1 aromatic rings. The fourth-order valence-corrected chi connectivity index (χ4v) is 4.59. The number of hydrogen-bond acceptors (Lipinski definition) is 5. The highest BCUT2D eigenvalue weighted by Crippen LogP contribution is 2.24. The Labute approximate surface area is 127 Å². The van der Waals surface area contributed by atoms with Crippen molar-refractivity contribution in [1.82, 2.24) is 4.72 Å². The van der Waals surface area contributed by atoms with Crippen molar-refractivity contribution >= 4 is 27.8 Å². The molecule has 0 amide bonds. The summed E-state index contributed by atoms with van der Waals surface area (Å²) in [6, 6.07) is 3.78. The van der Waals surface area contributed by atoms with Crippen molar-refractivity contribution < 1.29 is 23.1 Å². The maximum atomic E-state index is 12.3. The Morgan fingerprint density at radius 1 is 1.52 bits per heavy atom. The van der Waals surface area contributed by atoms with Gasteiger partial charge in [0.1, 0.15) is 11.3 Å². The monoisotopic (exact) mass is 331 g/mol. The first kappa shape index (κ1) is 16.1. The van der Waals surface area contributed by atoms with Gasteiger partial charge in [0.15, 0.2) is 0 Å². The van der Waals surface area contributed by atoms with Crippen molar-refractivity contribution in [2.24, 2.45) is 0 Å². The van der Waals surface area contributed by atoms with Crippen LogP contribution in [0.1, 0.15) is 23.7 Å². The maximum Gasteiger partial charge on any atom is 0.339 e. The van der Waals surface area contributed by atoms with E-state index in [0.717, 1.165) is 24.0 Å². The average molecular weight is 331 g/mol. The van der Waals surface area contributed by atoms with Crippen molar-refractivity contribution in [3.63, 3.8) is 0 Å². The minimum atomic E-state index is -3.71. The lowest BCUT2D eigenvalue weighted by molar-refractivity contribution is 0.0692. The van der Waals surface area contributed by atoms with Crippen LogP contribution >= 0.6 is 11.8 Å². The Kier molecular flexibility index (Phi) is 5.13. The summed E-state index contributed by atoms with van der Waals surface area (Å²) in [5.41, 5.74) is -0.152. The van der Waals surface area contributed by atoms with E-state index in [9.17, 15) is 13.2 Å². The summed E-state index contributed by atoms with van der Waals surface area (Å²) in [6.45, 7) is 2.04. The number of rotatable bonds is 6. The lowest BCUT2D eigenvalue weighted by Gasteiger charge is -2.13. The van der Waals surface area contributed by atoms with Gasteiger partial charge < -0.3 is 9.84 Å². The first-order valence-electron chi connectivity index (χ1n) is 6.54. The third kappa shape index (κ3) is 3.90. The molecular formula is C13H17NO5S2. The van der Waals surface area contributed by atoms with Crippen molar-refractivity contribution in [2.45, 2.75) is 24.3 Å². The van der Waals surface area contributed by atoms with Crippen LogP contribution in [-0.4, -0.2) is 43.6 Å². The highest BCUT2D eigenvalue weighted by atomic mass is 32.2. The molecule has 0 aliphatic carbocycles. The van der Waals surface area contributed by atoms with Crippen LogP contribution < -0.4 is 9.46 Å². The number of ether oxygens (including phenoxy) is 1. The highest BCUT2D eigenvalue weighted by molar-refractivity contribution is 7.99. The largest absolute Gasteiger partial charge is 0.493 e. The predicted octanol–water partition coefficient (Wildman–Crippen LogP) is 1.57. The Bertz CT molecular complexity index is 623. The molecule has 8 heteroatoms. The van der Waals surface area contributed by atoms with Gasteiger partial charge in [-0.05, 0) is 37.3 Å². The van der Waals surface area contributed by atoms with E-state index >= 15 is 0 Å². The molecule has 0 spiro atoms. The van der Waals surface area contributed by atoms with Gasteiger partial charge in [-0.3, -0.25) is 0 Å². The van der Waals surface area contributed by atoms with Crippen molar-refractivity contribution in [3.8, 4) is 5.75 Å². The molecule has 1 heterocycles. The van der Waals surface area contributed by atoms with E-state index in [1.165, 1.54) is 12.1 Å². The molecule has 6 nitrogen and oxygen atoms in total. The third-order valence-corrected chi connectivity index (χ3v) is 5.72. The number of carboxylic acids is 1. The molecule has 0 bridgehead atoms. The number of sulfonamides is 1. The normalized spacial score (nSPS) is 18.6. The highest BCUT2D eigenvalue weighted by Gasteiger charge is 2.25. The molecule has 116 valence electrons. The molecule has 2 rings (SSSR count). The van der Waals surface area contributed by atoms with E-state index in [-0.39, 0.29) is 22.3 Å². The van der Waals surface area contributed by atoms with Crippen LogP contribution in [0.15, 0.2) is 23.1 Å². The molecular weight excluding hydrogens is 314 g/mol. The smallest absolute Gasteiger partial charge is 0.339 e. The number of thioether (sulfide) groups is 1. The van der Waals surface area contributed by atoms with Crippen LogP contribution in [0.2, 0.25) is 0 Å². The van der Waals surface area contributed by atoms with E-state index in [2.05, 4.69) is 4.72 Å². The summed E-state index contributed by atoms with van der Waals surface area (Å²) in [7, 11) is -3.71. The Morgan fingerprint density at radius 3 is 2.86 bits per heavy atom. The molecule has 2 N–H and O–H groups in total. The minimum absolute atomic E-state index is 0.0553. The number of aromatic carboxylic acids is 1. The summed E-state index contributed by atoms with van der Waals surface area (Å²) < 4.78 is 32.4. The van der Waals surface area contributed by atoms with Crippen molar-refractivity contribution in [2.75, 3.05) is 18.1 Å². The maximum absolute atomic E-state index is 12.3. The van der Waals surface area contributed by atoms with Crippen LogP contribution in [-0.2, 0) is 10.0 Å².